The molecule has 0 amide bonds. The predicted octanol–water partition coefficient (Wildman–Crippen LogP) is 3.45. The van der Waals surface area contributed by atoms with Crippen molar-refractivity contribution in [3.63, 3.8) is 0 Å². The number of carbonyl (C=O) groups is 1. The first-order valence-electron chi connectivity index (χ1n) is 5.46. The van der Waals surface area contributed by atoms with Crippen LogP contribution in [0.3, 0.4) is 0 Å². The van der Waals surface area contributed by atoms with E-state index in [1.807, 2.05) is 0 Å². The number of rotatable bonds is 4. The molecule has 0 bridgehead atoms. The van der Waals surface area contributed by atoms with Crippen molar-refractivity contribution in [3.8, 4) is 5.75 Å². The minimum Gasteiger partial charge on any atom is -0.469 e. The second kappa shape index (κ2) is 6.59. The van der Waals surface area contributed by atoms with Crippen LogP contribution in [0.5, 0.6) is 5.75 Å². The van der Waals surface area contributed by atoms with Gasteiger partial charge < -0.3 is 9.47 Å². The first-order valence-corrected chi connectivity index (χ1v) is 6.00. The Morgan fingerprint density at radius 1 is 1.27 bits per heavy atom. The van der Waals surface area contributed by atoms with Crippen molar-refractivity contribution < 1.29 is 40.6 Å². The zero-order valence-corrected chi connectivity index (χ0v) is 11.6. The molecule has 0 atom stereocenters. The lowest BCUT2D eigenvalue weighted by Crippen LogP contribution is -2.23. The van der Waals surface area contributed by atoms with Gasteiger partial charge in [0.05, 0.1) is 25.1 Å². The number of esters is 1. The Kier molecular flexibility index (Phi) is 5.49. The summed E-state index contributed by atoms with van der Waals surface area (Å²) in [5, 5.41) is 0. The number of nitrogens with zero attached hydrogens (tertiary/aromatic N) is 1. The first-order chi connectivity index (χ1) is 9.97. The lowest BCUT2D eigenvalue weighted by atomic mass is 10.1. The minimum atomic E-state index is -5.35. The van der Waals surface area contributed by atoms with Crippen molar-refractivity contribution in [1.82, 2.24) is 4.98 Å². The lowest BCUT2D eigenvalue weighted by Gasteiger charge is -2.18. The van der Waals surface area contributed by atoms with Crippen LogP contribution in [0.4, 0.5) is 26.3 Å². The van der Waals surface area contributed by atoms with Gasteiger partial charge in [-0.3, -0.25) is 4.79 Å². The second-order valence-electron chi connectivity index (χ2n) is 3.88. The van der Waals surface area contributed by atoms with Crippen molar-refractivity contribution in [3.05, 3.63) is 23.0 Å². The Bertz CT molecular complexity index is 558. The van der Waals surface area contributed by atoms with E-state index in [0.717, 1.165) is 13.2 Å². The Labute approximate surface area is 125 Å². The molecule has 4 nitrogen and oxygen atoms in total. The number of hydrogen-bond acceptors (Lipinski definition) is 4. The lowest BCUT2D eigenvalue weighted by molar-refractivity contribution is -0.276. The molecule has 0 aliphatic rings. The van der Waals surface area contributed by atoms with Crippen LogP contribution in [0.2, 0.25) is 0 Å². The summed E-state index contributed by atoms with van der Waals surface area (Å²) in [4.78, 5) is 14.1. The summed E-state index contributed by atoms with van der Waals surface area (Å²) in [6.07, 6.45) is -11.2. The molecule has 0 aliphatic carbocycles. The van der Waals surface area contributed by atoms with E-state index >= 15 is 0 Å². The zero-order chi connectivity index (χ0) is 17.1. The highest BCUT2D eigenvalue weighted by Gasteiger charge is 2.42. The molecule has 22 heavy (non-hydrogen) atoms. The molecule has 1 aromatic rings. The van der Waals surface area contributed by atoms with Crippen molar-refractivity contribution in [2.75, 3.05) is 7.11 Å². The van der Waals surface area contributed by atoms with E-state index in [2.05, 4.69) is 14.5 Å². The van der Waals surface area contributed by atoms with E-state index in [4.69, 9.17) is 11.6 Å². The highest BCUT2D eigenvalue weighted by molar-refractivity contribution is 6.17. The summed E-state index contributed by atoms with van der Waals surface area (Å²) in [5.41, 5.74) is -2.95. The third-order valence-corrected chi connectivity index (χ3v) is 2.57. The zero-order valence-electron chi connectivity index (χ0n) is 10.8. The Hall–Kier alpha value is -1.71. The number of hydrogen-bond donors (Lipinski definition) is 0. The topological polar surface area (TPSA) is 48.4 Å². The first kappa shape index (κ1) is 18.3. The van der Waals surface area contributed by atoms with Gasteiger partial charge in [0.25, 0.3) is 0 Å². The molecule has 1 rings (SSSR count). The van der Waals surface area contributed by atoms with E-state index in [0.29, 0.717) is 0 Å². The monoisotopic (exact) mass is 351 g/mol. The van der Waals surface area contributed by atoms with Gasteiger partial charge in [0.15, 0.2) is 11.4 Å². The Morgan fingerprint density at radius 3 is 2.27 bits per heavy atom. The summed E-state index contributed by atoms with van der Waals surface area (Å²) in [6, 6.07) is 0.820. The van der Waals surface area contributed by atoms with Gasteiger partial charge in [-0.25, -0.2) is 4.98 Å². The Morgan fingerprint density at radius 2 is 1.86 bits per heavy atom. The third-order valence-electron chi connectivity index (χ3n) is 2.29. The number of methoxy groups -OCH3 is 1. The number of carbonyl (C=O) groups excluding carboxylic acids is 1. The van der Waals surface area contributed by atoms with Crippen LogP contribution in [-0.2, 0) is 28.0 Å². The van der Waals surface area contributed by atoms with Gasteiger partial charge in [0.2, 0.25) is 0 Å². The van der Waals surface area contributed by atoms with Crippen LogP contribution in [0.25, 0.3) is 0 Å². The van der Waals surface area contributed by atoms with Crippen LogP contribution in [0, 0.1) is 0 Å². The molecule has 0 aliphatic heterocycles. The molecule has 0 saturated heterocycles. The van der Waals surface area contributed by atoms with Gasteiger partial charge in [0, 0.05) is 5.56 Å². The predicted molar refractivity (Wildman–Crippen MR) is 61.2 cm³/mol. The molecular formula is C11H8ClF6NO3. The largest absolute Gasteiger partial charge is 0.573 e. The fourth-order valence-electron chi connectivity index (χ4n) is 1.48. The fraction of sp³-hybridized carbons (Fsp3) is 0.455. The average Bonchev–Trinajstić information content (AvgIpc) is 2.36. The number of ether oxygens (including phenoxy) is 2. The van der Waals surface area contributed by atoms with Crippen molar-refractivity contribution in [1.29, 1.82) is 0 Å². The summed E-state index contributed by atoms with van der Waals surface area (Å²) in [7, 11) is 0.997. The molecule has 1 aromatic heterocycles. The van der Waals surface area contributed by atoms with Gasteiger partial charge in [-0.2, -0.15) is 13.2 Å². The summed E-state index contributed by atoms with van der Waals surface area (Å²) >= 11 is 5.37. The van der Waals surface area contributed by atoms with Gasteiger partial charge in [0.1, 0.15) is 0 Å². The van der Waals surface area contributed by atoms with Crippen molar-refractivity contribution in [2.45, 2.75) is 24.8 Å². The highest BCUT2D eigenvalue weighted by atomic mass is 35.5. The van der Waals surface area contributed by atoms with E-state index in [1.165, 1.54) is 0 Å². The molecule has 0 saturated carbocycles. The van der Waals surface area contributed by atoms with E-state index in [9.17, 15) is 31.1 Å². The summed E-state index contributed by atoms with van der Waals surface area (Å²) in [5.74, 6) is -3.15. The SMILES string of the molecule is COC(=O)Cc1cc(CCl)c(OC(F)(F)F)c(C(F)(F)F)n1. The average molecular weight is 352 g/mol. The van der Waals surface area contributed by atoms with Crippen LogP contribution in [-0.4, -0.2) is 24.4 Å². The van der Waals surface area contributed by atoms with Crippen molar-refractivity contribution in [2.24, 2.45) is 0 Å². The molecule has 11 heteroatoms. The molecular weight excluding hydrogens is 344 g/mol. The molecule has 0 N–H and O–H groups in total. The number of pyridine rings is 1. The van der Waals surface area contributed by atoms with Crippen molar-refractivity contribution >= 4 is 17.6 Å². The summed E-state index contributed by atoms with van der Waals surface area (Å²) in [6.45, 7) is 0. The van der Waals surface area contributed by atoms with Gasteiger partial charge in [-0.05, 0) is 6.07 Å². The standard InChI is InChI=1S/C11H8ClF6NO3/c1-21-7(20)3-6-2-5(4-12)8(22-11(16,17)18)9(19-6)10(13,14)15/h2H,3-4H2,1H3. The second-order valence-corrected chi connectivity index (χ2v) is 4.15. The molecule has 0 unspecified atom stereocenters. The smallest absolute Gasteiger partial charge is 0.469 e. The molecule has 0 spiro atoms. The maximum absolute atomic E-state index is 12.9. The highest BCUT2D eigenvalue weighted by Crippen LogP contribution is 2.40. The van der Waals surface area contributed by atoms with Gasteiger partial charge in [-0.15, -0.1) is 24.8 Å². The maximum atomic E-state index is 12.9. The van der Waals surface area contributed by atoms with Crippen LogP contribution < -0.4 is 4.74 Å². The fourth-order valence-corrected chi connectivity index (χ4v) is 1.68. The molecule has 124 valence electrons. The molecule has 1 heterocycles. The molecule has 0 aromatic carbocycles. The number of aromatic nitrogens is 1. The molecule has 0 fully saturated rings. The van der Waals surface area contributed by atoms with Crippen LogP contribution in [0.15, 0.2) is 6.07 Å². The minimum absolute atomic E-state index is 0.440. The van der Waals surface area contributed by atoms with Gasteiger partial charge in [-0.1, -0.05) is 0 Å². The normalized spacial score (nSPS) is 12.2. The maximum Gasteiger partial charge on any atom is 0.573 e. The van der Waals surface area contributed by atoms with E-state index in [1.54, 1.807) is 0 Å². The van der Waals surface area contributed by atoms with E-state index < -0.39 is 53.5 Å². The van der Waals surface area contributed by atoms with Crippen LogP contribution in [0.1, 0.15) is 17.0 Å². The summed E-state index contributed by atoms with van der Waals surface area (Å²) < 4.78 is 83.0. The van der Waals surface area contributed by atoms with Gasteiger partial charge >= 0.3 is 18.5 Å². The third kappa shape index (κ3) is 4.93. The molecule has 0 radical (unpaired) electrons. The quantitative estimate of drug-likeness (QED) is 0.473. The number of halogens is 7. The van der Waals surface area contributed by atoms with E-state index in [-0.39, 0.29) is 0 Å². The Balaban J connectivity index is 3.44. The van der Waals surface area contributed by atoms with Crippen LogP contribution >= 0.6 is 11.6 Å². The number of alkyl halides is 7.